The number of carbonyl (C=O) groups is 1. The van der Waals surface area contributed by atoms with Gasteiger partial charge in [0.05, 0.1) is 6.61 Å². The summed E-state index contributed by atoms with van der Waals surface area (Å²) in [5, 5.41) is 6.50. The van der Waals surface area contributed by atoms with E-state index in [0.717, 1.165) is 62.3 Å². The Labute approximate surface area is 113 Å². The lowest BCUT2D eigenvalue weighted by Gasteiger charge is -2.16. The van der Waals surface area contributed by atoms with Crippen molar-refractivity contribution < 1.29 is 9.53 Å². The number of hydrogen-bond acceptors (Lipinski definition) is 3. The molecule has 0 bridgehead atoms. The van der Waals surface area contributed by atoms with Crippen molar-refractivity contribution >= 4 is 5.91 Å². The molecule has 1 fully saturated rings. The molecule has 102 valence electrons. The van der Waals surface area contributed by atoms with E-state index in [1.165, 1.54) is 0 Å². The topological polar surface area (TPSA) is 50.4 Å². The van der Waals surface area contributed by atoms with Crippen molar-refractivity contribution in [1.82, 2.24) is 10.6 Å². The van der Waals surface area contributed by atoms with Gasteiger partial charge in [0.2, 0.25) is 0 Å². The van der Waals surface area contributed by atoms with Gasteiger partial charge < -0.3 is 15.4 Å². The van der Waals surface area contributed by atoms with Crippen molar-refractivity contribution in [1.29, 1.82) is 0 Å². The number of rotatable bonds is 2. The first kappa shape index (κ1) is 12.5. The Kier molecular flexibility index (Phi) is 3.69. The highest BCUT2D eigenvalue weighted by Crippen LogP contribution is 2.25. The maximum absolute atomic E-state index is 12.3. The van der Waals surface area contributed by atoms with Crippen LogP contribution in [-0.4, -0.2) is 31.6 Å². The summed E-state index contributed by atoms with van der Waals surface area (Å²) >= 11 is 0. The van der Waals surface area contributed by atoms with Crippen LogP contribution in [0.3, 0.4) is 0 Å². The van der Waals surface area contributed by atoms with E-state index in [1.807, 2.05) is 18.2 Å². The van der Waals surface area contributed by atoms with Crippen molar-refractivity contribution in [3.63, 3.8) is 0 Å². The molecule has 2 aliphatic rings. The number of nitrogens with one attached hydrogen (secondary N) is 2. The third kappa shape index (κ3) is 2.89. The van der Waals surface area contributed by atoms with Crippen LogP contribution in [0.5, 0.6) is 5.75 Å². The van der Waals surface area contributed by atoms with E-state index in [1.54, 1.807) is 0 Å². The van der Waals surface area contributed by atoms with Crippen molar-refractivity contribution in [2.45, 2.75) is 31.7 Å². The summed E-state index contributed by atoms with van der Waals surface area (Å²) in [5.74, 6) is 0.969. The van der Waals surface area contributed by atoms with Crippen LogP contribution in [0.4, 0.5) is 0 Å². The van der Waals surface area contributed by atoms with Crippen molar-refractivity contribution in [3.05, 3.63) is 29.3 Å². The molecule has 4 heteroatoms. The Balaban J connectivity index is 1.66. The zero-order valence-corrected chi connectivity index (χ0v) is 11.1. The predicted octanol–water partition coefficient (Wildman–Crippen LogP) is 1.49. The third-order valence-electron chi connectivity index (χ3n) is 3.86. The average molecular weight is 260 g/mol. The molecule has 2 N–H and O–H groups in total. The highest BCUT2D eigenvalue weighted by Gasteiger charge is 2.18. The minimum absolute atomic E-state index is 0.0431. The molecule has 1 aromatic rings. The standard InChI is InChI=1S/C15H20N2O2/c18-15(17-13-2-1-7-16-8-5-13)12-3-4-14-11(10-12)6-9-19-14/h3-4,10,13,16H,1-2,5-9H2,(H,17,18). The highest BCUT2D eigenvalue weighted by atomic mass is 16.5. The van der Waals surface area contributed by atoms with Crippen LogP contribution in [0.15, 0.2) is 18.2 Å². The summed E-state index contributed by atoms with van der Waals surface area (Å²) < 4.78 is 5.46. The molecule has 3 rings (SSSR count). The molecule has 1 amide bonds. The Morgan fingerprint density at radius 2 is 2.26 bits per heavy atom. The van der Waals surface area contributed by atoms with E-state index in [-0.39, 0.29) is 5.91 Å². The molecular weight excluding hydrogens is 240 g/mol. The van der Waals surface area contributed by atoms with Gasteiger partial charge in [0.25, 0.3) is 5.91 Å². The molecule has 1 unspecified atom stereocenters. The Bertz CT molecular complexity index is 465. The normalized spacial score (nSPS) is 22.2. The van der Waals surface area contributed by atoms with Crippen LogP contribution in [0.2, 0.25) is 0 Å². The van der Waals surface area contributed by atoms with E-state index in [0.29, 0.717) is 6.04 Å². The summed E-state index contributed by atoms with van der Waals surface area (Å²) in [4.78, 5) is 12.3. The minimum Gasteiger partial charge on any atom is -0.493 e. The average Bonchev–Trinajstić information content (AvgIpc) is 2.75. The van der Waals surface area contributed by atoms with E-state index in [2.05, 4.69) is 10.6 Å². The molecule has 0 aromatic heterocycles. The molecule has 1 aromatic carbocycles. The fraction of sp³-hybridized carbons (Fsp3) is 0.533. The van der Waals surface area contributed by atoms with Crippen LogP contribution in [0.1, 0.15) is 35.2 Å². The van der Waals surface area contributed by atoms with Gasteiger partial charge >= 0.3 is 0 Å². The predicted molar refractivity (Wildman–Crippen MR) is 73.6 cm³/mol. The number of ether oxygens (including phenoxy) is 1. The van der Waals surface area contributed by atoms with Crippen LogP contribution in [0, 0.1) is 0 Å². The summed E-state index contributed by atoms with van der Waals surface area (Å²) in [6.45, 7) is 2.78. The minimum atomic E-state index is 0.0431. The SMILES string of the molecule is O=C(NC1CCCNCC1)c1ccc2c(c1)CCO2. The lowest BCUT2D eigenvalue weighted by Crippen LogP contribution is -2.35. The van der Waals surface area contributed by atoms with Crippen LogP contribution >= 0.6 is 0 Å². The van der Waals surface area contributed by atoms with Crippen LogP contribution in [-0.2, 0) is 6.42 Å². The van der Waals surface area contributed by atoms with Crippen LogP contribution < -0.4 is 15.4 Å². The first-order valence-corrected chi connectivity index (χ1v) is 7.10. The lowest BCUT2D eigenvalue weighted by molar-refractivity contribution is 0.0934. The van der Waals surface area contributed by atoms with E-state index < -0.39 is 0 Å². The first-order valence-electron chi connectivity index (χ1n) is 7.10. The number of hydrogen-bond donors (Lipinski definition) is 2. The van der Waals surface area contributed by atoms with E-state index in [9.17, 15) is 4.79 Å². The van der Waals surface area contributed by atoms with Crippen molar-refractivity contribution in [2.75, 3.05) is 19.7 Å². The molecule has 0 radical (unpaired) electrons. The summed E-state index contributed by atoms with van der Waals surface area (Å²) in [6.07, 6.45) is 4.11. The molecule has 2 heterocycles. The Morgan fingerprint density at radius 1 is 1.32 bits per heavy atom. The van der Waals surface area contributed by atoms with E-state index in [4.69, 9.17) is 4.74 Å². The van der Waals surface area contributed by atoms with Gasteiger partial charge in [0.15, 0.2) is 0 Å². The van der Waals surface area contributed by atoms with Crippen LogP contribution in [0.25, 0.3) is 0 Å². The zero-order chi connectivity index (χ0) is 13.1. The van der Waals surface area contributed by atoms with E-state index >= 15 is 0 Å². The molecule has 0 saturated carbocycles. The highest BCUT2D eigenvalue weighted by molar-refractivity contribution is 5.94. The fourth-order valence-electron chi connectivity index (χ4n) is 2.76. The molecule has 4 nitrogen and oxygen atoms in total. The van der Waals surface area contributed by atoms with Gasteiger partial charge in [-0.2, -0.15) is 0 Å². The molecule has 1 saturated heterocycles. The number of benzene rings is 1. The Hall–Kier alpha value is -1.55. The van der Waals surface area contributed by atoms with Gasteiger partial charge in [-0.3, -0.25) is 4.79 Å². The first-order chi connectivity index (χ1) is 9.33. The summed E-state index contributed by atoms with van der Waals surface area (Å²) in [5.41, 5.74) is 1.90. The lowest BCUT2D eigenvalue weighted by atomic mass is 10.1. The van der Waals surface area contributed by atoms with Crippen molar-refractivity contribution in [3.8, 4) is 5.75 Å². The second kappa shape index (κ2) is 5.61. The smallest absolute Gasteiger partial charge is 0.251 e. The maximum Gasteiger partial charge on any atom is 0.251 e. The molecule has 0 spiro atoms. The van der Waals surface area contributed by atoms with Gasteiger partial charge in [-0.1, -0.05) is 0 Å². The second-order valence-electron chi connectivity index (χ2n) is 5.27. The van der Waals surface area contributed by atoms with Gasteiger partial charge in [0.1, 0.15) is 5.75 Å². The quantitative estimate of drug-likeness (QED) is 0.847. The molecule has 0 aliphatic carbocycles. The van der Waals surface area contributed by atoms with Gasteiger partial charge in [0, 0.05) is 18.0 Å². The number of fused-ring (bicyclic) bond motifs is 1. The zero-order valence-electron chi connectivity index (χ0n) is 11.1. The molecule has 2 aliphatic heterocycles. The third-order valence-corrected chi connectivity index (χ3v) is 3.86. The summed E-state index contributed by atoms with van der Waals surface area (Å²) in [6, 6.07) is 6.03. The fourth-order valence-corrected chi connectivity index (χ4v) is 2.76. The largest absolute Gasteiger partial charge is 0.493 e. The second-order valence-corrected chi connectivity index (χ2v) is 5.27. The summed E-state index contributed by atoms with van der Waals surface area (Å²) in [7, 11) is 0. The molecule has 19 heavy (non-hydrogen) atoms. The number of amides is 1. The molecular formula is C15H20N2O2. The van der Waals surface area contributed by atoms with Gasteiger partial charge in [-0.15, -0.1) is 0 Å². The molecule has 1 atom stereocenters. The van der Waals surface area contributed by atoms with Crippen molar-refractivity contribution in [2.24, 2.45) is 0 Å². The Morgan fingerprint density at radius 3 is 3.21 bits per heavy atom. The van der Waals surface area contributed by atoms with Gasteiger partial charge in [-0.25, -0.2) is 0 Å². The number of carbonyl (C=O) groups excluding carboxylic acids is 1. The van der Waals surface area contributed by atoms with Gasteiger partial charge in [-0.05, 0) is 56.1 Å². The maximum atomic E-state index is 12.3. The monoisotopic (exact) mass is 260 g/mol.